The zero-order valence-electron chi connectivity index (χ0n) is 32.7. The average Bonchev–Trinajstić information content (AvgIpc) is 2.72. The Balaban J connectivity index is 2.55. The van der Waals surface area contributed by atoms with Gasteiger partial charge in [-0.25, -0.2) is 0 Å². The average molecular weight is 634 g/mol. The van der Waals surface area contributed by atoms with E-state index in [1.807, 2.05) is 0 Å². The van der Waals surface area contributed by atoms with Crippen molar-refractivity contribution in [3.63, 3.8) is 0 Å². The van der Waals surface area contributed by atoms with Gasteiger partial charge in [0.2, 0.25) is 0 Å². The Morgan fingerprint density at radius 1 is 0.386 bits per heavy atom. The standard InChI is InChI=1S/C42H67P2/c1-36(2,3)26-22-28(38(7,8)9)32(29(23-26)39(10,11)12)34-43-35(44(34)42(19,20)21)33-30(40(13,14)15)24-27(37(4,5)6)25-31(33)41(16,17)18/h22-25H,1-21H3. The quantitative estimate of drug-likeness (QED) is 0.289. The van der Waals surface area contributed by atoms with E-state index in [4.69, 9.17) is 0 Å². The van der Waals surface area contributed by atoms with Gasteiger partial charge in [-0.2, -0.15) is 0 Å². The van der Waals surface area contributed by atoms with Crippen molar-refractivity contribution in [1.82, 2.24) is 0 Å². The van der Waals surface area contributed by atoms with Crippen LogP contribution in [0.5, 0.6) is 0 Å². The molecule has 2 aromatic rings. The first-order chi connectivity index (χ1) is 19.3. The summed E-state index contributed by atoms with van der Waals surface area (Å²) in [5, 5.41) is 3.54. The van der Waals surface area contributed by atoms with Crippen molar-refractivity contribution in [3.05, 3.63) is 74.2 Å². The van der Waals surface area contributed by atoms with E-state index < -0.39 is 7.92 Å². The van der Waals surface area contributed by atoms with Crippen LogP contribution in [-0.4, -0.2) is 10.2 Å². The minimum absolute atomic E-state index is 0.0508. The van der Waals surface area contributed by atoms with Crippen molar-refractivity contribution in [2.24, 2.45) is 0 Å². The van der Waals surface area contributed by atoms with Crippen LogP contribution in [0.1, 0.15) is 190 Å². The normalized spacial score (nSPS) is 18.3. The highest BCUT2D eigenvalue weighted by Crippen LogP contribution is 2.77. The Hall–Kier alpha value is -0.960. The maximum absolute atomic E-state index is 2.57. The van der Waals surface area contributed by atoms with E-state index >= 15 is 0 Å². The molecule has 1 atom stereocenters. The number of hydrogen-bond donors (Lipinski definition) is 0. The van der Waals surface area contributed by atoms with E-state index in [2.05, 4.69) is 170 Å². The zero-order valence-corrected chi connectivity index (χ0v) is 34.5. The van der Waals surface area contributed by atoms with Gasteiger partial charge in [-0.05, 0) is 90.1 Å². The molecule has 0 fully saturated rings. The summed E-state index contributed by atoms with van der Waals surface area (Å²) in [6.45, 7) is 50.8. The van der Waals surface area contributed by atoms with Crippen LogP contribution in [0.15, 0.2) is 24.3 Å². The van der Waals surface area contributed by atoms with Gasteiger partial charge in [-0.15, -0.1) is 0 Å². The van der Waals surface area contributed by atoms with Gasteiger partial charge >= 0.3 is 0 Å². The van der Waals surface area contributed by atoms with E-state index in [9.17, 15) is 0 Å². The van der Waals surface area contributed by atoms with Crippen LogP contribution < -0.4 is 0 Å². The molecule has 1 radical (unpaired) electrons. The molecule has 1 unspecified atom stereocenters. The Morgan fingerprint density at radius 3 is 0.886 bits per heavy atom. The van der Waals surface area contributed by atoms with Crippen LogP contribution in [0.4, 0.5) is 0 Å². The van der Waals surface area contributed by atoms with Crippen LogP contribution in [-0.2, 0) is 32.5 Å². The molecule has 0 spiro atoms. The first kappa shape index (κ1) is 37.5. The number of hydrogen-bond acceptors (Lipinski definition) is 0. The van der Waals surface area contributed by atoms with Gasteiger partial charge in [0.15, 0.2) is 0 Å². The molecule has 0 saturated heterocycles. The SMILES string of the molecule is CC(C)(C)c1cc(C(C)(C)C)c([C]2P=C(c3c(C(C)(C)C)cc(C(C)(C)C)cc3C(C)(C)C)P2C(C)(C)C)c(C(C)(C)C)c1. The summed E-state index contributed by atoms with van der Waals surface area (Å²) in [5.74, 6) is 0. The van der Waals surface area contributed by atoms with Crippen molar-refractivity contribution in [1.29, 1.82) is 0 Å². The van der Waals surface area contributed by atoms with E-state index in [-0.39, 0.29) is 37.6 Å². The van der Waals surface area contributed by atoms with Crippen molar-refractivity contribution < 1.29 is 0 Å². The highest BCUT2D eigenvalue weighted by atomic mass is 31.2. The van der Waals surface area contributed by atoms with Gasteiger partial charge in [-0.3, -0.25) is 0 Å². The Bertz CT molecular complexity index is 1350. The van der Waals surface area contributed by atoms with Crippen LogP contribution in [0.25, 0.3) is 0 Å². The van der Waals surface area contributed by atoms with Crippen LogP contribution in [0.3, 0.4) is 0 Å². The molecular formula is C42H67P2. The van der Waals surface area contributed by atoms with Crippen molar-refractivity contribution in [2.75, 3.05) is 0 Å². The lowest BCUT2D eigenvalue weighted by Crippen LogP contribution is -2.33. The molecule has 0 aromatic heterocycles. The predicted octanol–water partition coefficient (Wildman–Crippen LogP) is 13.7. The van der Waals surface area contributed by atoms with Gasteiger partial charge in [-0.1, -0.05) is 178 Å². The third-order valence-electron chi connectivity index (χ3n) is 8.99. The van der Waals surface area contributed by atoms with E-state index in [0.29, 0.717) is 0 Å². The predicted molar refractivity (Wildman–Crippen MR) is 205 cm³/mol. The molecule has 2 heteroatoms. The molecule has 0 N–H and O–H groups in total. The summed E-state index contributed by atoms with van der Waals surface area (Å²) in [6, 6.07) is 10.3. The molecule has 245 valence electrons. The third kappa shape index (κ3) is 7.60. The summed E-state index contributed by atoms with van der Waals surface area (Å²) < 4.78 is 0. The van der Waals surface area contributed by atoms with Gasteiger partial charge in [0.1, 0.15) is 0 Å². The minimum Gasteiger partial charge on any atom is -0.0764 e. The molecule has 0 nitrogen and oxygen atoms in total. The summed E-state index contributed by atoms with van der Waals surface area (Å²) in [6.07, 6.45) is 0. The lowest BCUT2D eigenvalue weighted by atomic mass is 9.72. The fourth-order valence-electron chi connectivity index (χ4n) is 6.22. The molecule has 0 saturated carbocycles. The lowest BCUT2D eigenvalue weighted by Gasteiger charge is -2.49. The third-order valence-corrected chi connectivity index (χ3v) is 14.3. The highest BCUT2D eigenvalue weighted by Gasteiger charge is 2.48. The lowest BCUT2D eigenvalue weighted by molar-refractivity contribution is 0.544. The van der Waals surface area contributed by atoms with Crippen LogP contribution >= 0.6 is 16.1 Å². The molecule has 0 amide bonds. The summed E-state index contributed by atoms with van der Waals surface area (Å²) in [5.41, 5.74) is 12.6. The Morgan fingerprint density at radius 2 is 0.659 bits per heavy atom. The molecule has 2 aromatic carbocycles. The number of benzene rings is 2. The minimum atomic E-state index is -0.526. The second-order valence-electron chi connectivity index (χ2n) is 20.7. The topological polar surface area (TPSA) is 0 Å². The van der Waals surface area contributed by atoms with Gasteiger partial charge < -0.3 is 0 Å². The highest BCUT2D eigenvalue weighted by molar-refractivity contribution is 8.03. The zero-order chi connectivity index (χ0) is 34.4. The maximum atomic E-state index is 2.57. The molecule has 0 bridgehead atoms. The second-order valence-corrected chi connectivity index (χ2v) is 25.4. The fraction of sp³-hybridized carbons (Fsp3) is 0.667. The second kappa shape index (κ2) is 11.3. The molecule has 1 aliphatic rings. The molecule has 1 heterocycles. The molecule has 1 aliphatic heterocycles. The van der Waals surface area contributed by atoms with Gasteiger partial charge in [0, 0.05) is 5.03 Å². The molecule has 0 aliphatic carbocycles. The van der Waals surface area contributed by atoms with Crippen LogP contribution in [0.2, 0.25) is 0 Å². The Labute approximate surface area is 277 Å². The largest absolute Gasteiger partial charge is 0.0842 e. The summed E-state index contributed by atoms with van der Waals surface area (Å²) in [7, 11) is 0.908. The first-order valence-corrected chi connectivity index (χ1v) is 19.2. The molecular weight excluding hydrogens is 566 g/mol. The fourth-order valence-corrected chi connectivity index (χ4v) is 12.6. The molecule has 44 heavy (non-hydrogen) atoms. The van der Waals surface area contributed by atoms with E-state index in [1.54, 1.807) is 21.6 Å². The first-order valence-electron chi connectivity index (χ1n) is 16.9. The maximum Gasteiger partial charge on any atom is 0.0842 e. The monoisotopic (exact) mass is 633 g/mol. The molecule has 3 rings (SSSR count). The van der Waals surface area contributed by atoms with Gasteiger partial charge in [0.05, 0.1) is 5.40 Å². The smallest absolute Gasteiger partial charge is 0.0764 e. The Kier molecular flexibility index (Phi) is 9.66. The summed E-state index contributed by atoms with van der Waals surface area (Å²) >= 11 is 0. The number of rotatable bonds is 2. The van der Waals surface area contributed by atoms with Crippen molar-refractivity contribution in [3.8, 4) is 0 Å². The van der Waals surface area contributed by atoms with E-state index in [0.717, 1.165) is 0 Å². The van der Waals surface area contributed by atoms with Crippen molar-refractivity contribution in [2.45, 2.75) is 183 Å². The van der Waals surface area contributed by atoms with Crippen molar-refractivity contribution >= 4 is 21.2 Å². The van der Waals surface area contributed by atoms with E-state index in [1.165, 1.54) is 41.6 Å². The van der Waals surface area contributed by atoms with Gasteiger partial charge in [0.25, 0.3) is 0 Å². The summed E-state index contributed by atoms with van der Waals surface area (Å²) in [4.78, 5) is 0. The van der Waals surface area contributed by atoms with Crippen LogP contribution in [0, 0.1) is 5.40 Å².